The maximum atomic E-state index is 11.9. The molecule has 0 spiro atoms. The van der Waals surface area contributed by atoms with E-state index in [0.29, 0.717) is 18.7 Å². The Bertz CT molecular complexity index is 662. The summed E-state index contributed by atoms with van der Waals surface area (Å²) in [6.45, 7) is 6.54. The lowest BCUT2D eigenvalue weighted by atomic mass is 10.1. The number of benzene rings is 1. The third kappa shape index (κ3) is 8.82. The van der Waals surface area contributed by atoms with Crippen LogP contribution in [0.3, 0.4) is 0 Å². The van der Waals surface area contributed by atoms with Gasteiger partial charge in [-0.1, -0.05) is 71.6 Å². The molecule has 3 N–H and O–H groups in total. The lowest BCUT2D eigenvalue weighted by molar-refractivity contribution is 0.457. The Balaban J connectivity index is 2.56. The molecule has 6 heteroatoms. The van der Waals surface area contributed by atoms with Gasteiger partial charge in [0.2, 0.25) is 0 Å². The van der Waals surface area contributed by atoms with Crippen LogP contribution in [-0.4, -0.2) is 24.9 Å². The van der Waals surface area contributed by atoms with Gasteiger partial charge in [-0.15, -0.1) is 0 Å². The first-order valence-corrected chi connectivity index (χ1v) is 12.4. The Labute approximate surface area is 172 Å². The van der Waals surface area contributed by atoms with Crippen LogP contribution in [0.25, 0.3) is 0 Å². The summed E-state index contributed by atoms with van der Waals surface area (Å²) in [7, 11) is -4.15. The molecule has 1 aromatic rings. The Kier molecular flexibility index (Phi) is 11.5. The van der Waals surface area contributed by atoms with E-state index in [1.54, 1.807) is 13.0 Å². The van der Waals surface area contributed by atoms with Gasteiger partial charge >= 0.3 is 0 Å². The molecule has 0 saturated heterocycles. The maximum absolute atomic E-state index is 11.9. The molecule has 1 unspecified atom stereocenters. The summed E-state index contributed by atoms with van der Waals surface area (Å²) in [5, 5.41) is -0.922. The van der Waals surface area contributed by atoms with Crippen molar-refractivity contribution in [3.8, 4) is 0 Å². The molecule has 0 fully saturated rings. The quantitative estimate of drug-likeness (QED) is 0.212. The van der Waals surface area contributed by atoms with Gasteiger partial charge in [-0.2, -0.15) is 8.42 Å². The Morgan fingerprint density at radius 3 is 1.96 bits per heavy atom. The van der Waals surface area contributed by atoms with E-state index in [0.717, 1.165) is 24.1 Å². The van der Waals surface area contributed by atoms with Gasteiger partial charge in [0, 0.05) is 17.9 Å². The monoisotopic (exact) mass is 412 g/mol. The summed E-state index contributed by atoms with van der Waals surface area (Å²) in [4.78, 5) is 1.81. The molecule has 0 saturated carbocycles. The Hall–Kier alpha value is -1.27. The number of hydrogen-bond donors (Lipinski definition) is 2. The van der Waals surface area contributed by atoms with Crippen molar-refractivity contribution in [1.29, 1.82) is 0 Å². The number of nitrogens with two attached hydrogens (primary N) is 1. The molecule has 0 amide bonds. The first kappa shape index (κ1) is 24.8. The van der Waals surface area contributed by atoms with Crippen LogP contribution in [0.2, 0.25) is 0 Å². The SMILES string of the molecule is CCCCCCCCCCCCN(c1ccc(N)c(C)c1)C(CC)S(=O)(=O)O. The number of anilines is 2. The number of nitrogen functional groups attached to an aromatic ring is 1. The fourth-order valence-corrected chi connectivity index (χ4v) is 4.61. The van der Waals surface area contributed by atoms with Crippen molar-refractivity contribution in [2.45, 2.75) is 96.8 Å². The lowest BCUT2D eigenvalue weighted by Gasteiger charge is -2.31. The minimum Gasteiger partial charge on any atom is -0.399 e. The molecule has 0 radical (unpaired) electrons. The lowest BCUT2D eigenvalue weighted by Crippen LogP contribution is -2.41. The number of nitrogens with zero attached hydrogens (tertiary/aromatic N) is 1. The topological polar surface area (TPSA) is 83.6 Å². The van der Waals surface area contributed by atoms with Gasteiger partial charge in [-0.3, -0.25) is 4.55 Å². The number of aryl methyl sites for hydroxylation is 1. The van der Waals surface area contributed by atoms with Crippen molar-refractivity contribution in [3.63, 3.8) is 0 Å². The van der Waals surface area contributed by atoms with Gasteiger partial charge < -0.3 is 10.6 Å². The molecule has 162 valence electrons. The normalized spacial score (nSPS) is 12.9. The van der Waals surface area contributed by atoms with E-state index >= 15 is 0 Å². The average molecular weight is 413 g/mol. The van der Waals surface area contributed by atoms with E-state index < -0.39 is 15.5 Å². The molecule has 0 aromatic heterocycles. The highest BCUT2D eigenvalue weighted by molar-refractivity contribution is 7.86. The molecule has 5 nitrogen and oxygen atoms in total. The second-order valence-corrected chi connectivity index (χ2v) is 9.37. The van der Waals surface area contributed by atoms with E-state index in [4.69, 9.17) is 5.73 Å². The molecule has 1 aromatic carbocycles. The standard InChI is InChI=1S/C22H40N2O3S/c1-4-6-7-8-9-10-11-12-13-14-17-24(22(5-2)28(25,26)27)20-15-16-21(23)19(3)18-20/h15-16,18,22H,4-14,17,23H2,1-3H3,(H,25,26,27). The first-order valence-electron chi connectivity index (χ1n) is 10.9. The largest absolute Gasteiger partial charge is 0.399 e. The second kappa shape index (κ2) is 13.0. The van der Waals surface area contributed by atoms with Crippen molar-refractivity contribution in [3.05, 3.63) is 23.8 Å². The minimum absolute atomic E-state index is 0.333. The van der Waals surface area contributed by atoms with Gasteiger partial charge in [0.05, 0.1) is 0 Å². The van der Waals surface area contributed by atoms with Crippen molar-refractivity contribution >= 4 is 21.5 Å². The molecule has 0 bridgehead atoms. The Morgan fingerprint density at radius 1 is 0.964 bits per heavy atom. The highest BCUT2D eigenvalue weighted by atomic mass is 32.2. The van der Waals surface area contributed by atoms with Crippen LogP contribution < -0.4 is 10.6 Å². The van der Waals surface area contributed by atoms with Crippen LogP contribution in [0.1, 0.15) is 90.0 Å². The summed E-state index contributed by atoms with van der Waals surface area (Å²) >= 11 is 0. The summed E-state index contributed by atoms with van der Waals surface area (Å²) in [6.07, 6.45) is 12.6. The predicted molar refractivity (Wildman–Crippen MR) is 120 cm³/mol. The van der Waals surface area contributed by atoms with E-state index in [1.165, 1.54) is 51.4 Å². The summed E-state index contributed by atoms with van der Waals surface area (Å²) in [5.41, 5.74) is 8.30. The van der Waals surface area contributed by atoms with Crippen LogP contribution in [0, 0.1) is 6.92 Å². The van der Waals surface area contributed by atoms with E-state index in [9.17, 15) is 13.0 Å². The van der Waals surface area contributed by atoms with Crippen molar-refractivity contribution in [2.24, 2.45) is 0 Å². The highest BCUT2D eigenvalue weighted by Crippen LogP contribution is 2.26. The van der Waals surface area contributed by atoms with Crippen LogP contribution in [0.4, 0.5) is 11.4 Å². The van der Waals surface area contributed by atoms with Gasteiger partial charge in [0.25, 0.3) is 10.1 Å². The van der Waals surface area contributed by atoms with Crippen molar-refractivity contribution in [1.82, 2.24) is 0 Å². The molecule has 1 atom stereocenters. The van der Waals surface area contributed by atoms with Gasteiger partial charge in [0.1, 0.15) is 0 Å². The second-order valence-electron chi connectivity index (χ2n) is 7.79. The van der Waals surface area contributed by atoms with E-state index in [-0.39, 0.29) is 0 Å². The van der Waals surface area contributed by atoms with Crippen LogP contribution >= 0.6 is 0 Å². The third-order valence-corrected chi connectivity index (χ3v) is 6.65. The zero-order valence-corrected chi connectivity index (χ0v) is 18.8. The van der Waals surface area contributed by atoms with Gasteiger partial charge in [-0.25, -0.2) is 0 Å². The molecule has 1 rings (SSSR count). The molecule has 0 aliphatic carbocycles. The third-order valence-electron chi connectivity index (χ3n) is 5.38. The predicted octanol–water partition coefficient (Wildman–Crippen LogP) is 5.93. The number of unbranched alkanes of at least 4 members (excludes halogenated alkanes) is 9. The highest BCUT2D eigenvalue weighted by Gasteiger charge is 2.28. The Morgan fingerprint density at radius 2 is 1.50 bits per heavy atom. The zero-order chi connectivity index (χ0) is 21.0. The fourth-order valence-electron chi connectivity index (χ4n) is 3.64. The number of rotatable bonds is 15. The zero-order valence-electron chi connectivity index (χ0n) is 18.0. The molecule has 0 aliphatic heterocycles. The summed E-state index contributed by atoms with van der Waals surface area (Å²) in [6, 6.07) is 5.54. The van der Waals surface area contributed by atoms with Gasteiger partial charge in [0.15, 0.2) is 5.37 Å². The maximum Gasteiger partial charge on any atom is 0.286 e. The van der Waals surface area contributed by atoms with Gasteiger partial charge in [-0.05, 0) is 43.5 Å². The molecule has 28 heavy (non-hydrogen) atoms. The van der Waals surface area contributed by atoms with Crippen LogP contribution in [0.15, 0.2) is 18.2 Å². The summed E-state index contributed by atoms with van der Waals surface area (Å²) < 4.78 is 33.5. The summed E-state index contributed by atoms with van der Waals surface area (Å²) in [5.74, 6) is 0. The smallest absolute Gasteiger partial charge is 0.286 e. The number of hydrogen-bond acceptors (Lipinski definition) is 4. The molecular weight excluding hydrogens is 372 g/mol. The van der Waals surface area contributed by atoms with Crippen LogP contribution in [0.5, 0.6) is 0 Å². The van der Waals surface area contributed by atoms with Crippen molar-refractivity contribution < 1.29 is 13.0 Å². The molecular formula is C22H40N2O3S. The van der Waals surface area contributed by atoms with Crippen molar-refractivity contribution in [2.75, 3.05) is 17.2 Å². The van der Waals surface area contributed by atoms with E-state index in [1.807, 2.05) is 24.0 Å². The van der Waals surface area contributed by atoms with Crippen LogP contribution in [-0.2, 0) is 10.1 Å². The molecule has 0 aliphatic rings. The molecule has 0 heterocycles. The first-order chi connectivity index (χ1) is 13.3. The minimum atomic E-state index is -4.15. The fraction of sp³-hybridized carbons (Fsp3) is 0.727. The average Bonchev–Trinajstić information content (AvgIpc) is 2.63. The van der Waals surface area contributed by atoms with E-state index in [2.05, 4.69) is 6.92 Å².